The first-order valence-electron chi connectivity index (χ1n) is 11.8. The van der Waals surface area contributed by atoms with Gasteiger partial charge < -0.3 is 25.9 Å². The van der Waals surface area contributed by atoms with Crippen LogP contribution in [0.3, 0.4) is 0 Å². The SMILES string of the molecule is Cc1cc(-c2nc(C(=O)Nc3cc(C=NCCC4CCNC4=O)c(N)cc3C(C)(C)O)co2)ccn1. The number of nitrogens with zero attached hydrogens (tertiary/aromatic N) is 3. The molecule has 1 aliphatic rings. The molecule has 188 valence electrons. The van der Waals surface area contributed by atoms with E-state index < -0.39 is 11.5 Å². The van der Waals surface area contributed by atoms with Crippen LogP contribution in [-0.2, 0) is 10.4 Å². The van der Waals surface area contributed by atoms with E-state index in [2.05, 4.69) is 25.6 Å². The van der Waals surface area contributed by atoms with Crippen LogP contribution in [0.5, 0.6) is 0 Å². The van der Waals surface area contributed by atoms with Gasteiger partial charge in [-0.05, 0) is 57.9 Å². The number of carbonyl (C=O) groups excluding carboxylic acids is 2. The summed E-state index contributed by atoms with van der Waals surface area (Å²) in [5.41, 5.74) is 8.36. The van der Waals surface area contributed by atoms with Gasteiger partial charge in [0.25, 0.3) is 5.91 Å². The average Bonchev–Trinajstić information content (AvgIpc) is 3.47. The van der Waals surface area contributed by atoms with Gasteiger partial charge in [-0.2, -0.15) is 0 Å². The van der Waals surface area contributed by atoms with Crippen LogP contribution in [0.4, 0.5) is 11.4 Å². The molecule has 0 aliphatic carbocycles. The average molecular weight is 491 g/mol. The fourth-order valence-corrected chi connectivity index (χ4v) is 4.04. The topological polar surface area (TPSA) is 156 Å². The number of hydrogen-bond donors (Lipinski definition) is 4. The van der Waals surface area contributed by atoms with Crippen molar-refractivity contribution < 1.29 is 19.1 Å². The third kappa shape index (κ3) is 5.77. The Balaban J connectivity index is 1.54. The van der Waals surface area contributed by atoms with Crippen molar-refractivity contribution in [1.82, 2.24) is 15.3 Å². The van der Waals surface area contributed by atoms with Crippen LogP contribution in [-0.4, -0.2) is 46.2 Å². The van der Waals surface area contributed by atoms with E-state index in [1.165, 1.54) is 6.26 Å². The number of nitrogens with one attached hydrogen (secondary N) is 2. The van der Waals surface area contributed by atoms with E-state index in [0.717, 1.165) is 12.1 Å². The first-order valence-corrected chi connectivity index (χ1v) is 11.8. The highest BCUT2D eigenvalue weighted by molar-refractivity contribution is 6.04. The molecule has 1 atom stereocenters. The van der Waals surface area contributed by atoms with Crippen molar-refractivity contribution in [1.29, 1.82) is 0 Å². The minimum atomic E-state index is -1.27. The monoisotopic (exact) mass is 490 g/mol. The lowest BCUT2D eigenvalue weighted by Gasteiger charge is -2.23. The van der Waals surface area contributed by atoms with E-state index in [0.29, 0.717) is 53.5 Å². The molecule has 0 bridgehead atoms. The molecule has 2 amide bonds. The molecule has 1 unspecified atom stereocenters. The molecule has 1 aromatic carbocycles. The number of aliphatic imine (C=N–C) groups is 1. The van der Waals surface area contributed by atoms with Gasteiger partial charge in [-0.1, -0.05) is 0 Å². The summed E-state index contributed by atoms with van der Waals surface area (Å²) < 4.78 is 5.50. The normalized spacial score (nSPS) is 15.9. The van der Waals surface area contributed by atoms with Crippen LogP contribution in [0.2, 0.25) is 0 Å². The highest BCUT2D eigenvalue weighted by atomic mass is 16.3. The van der Waals surface area contributed by atoms with Crippen molar-refractivity contribution in [2.24, 2.45) is 10.9 Å². The number of amides is 2. The molecule has 2 aromatic heterocycles. The molecule has 1 aliphatic heterocycles. The van der Waals surface area contributed by atoms with E-state index in [9.17, 15) is 14.7 Å². The van der Waals surface area contributed by atoms with Gasteiger partial charge in [0.15, 0.2) is 5.69 Å². The van der Waals surface area contributed by atoms with Crippen molar-refractivity contribution in [3.63, 3.8) is 0 Å². The first kappa shape index (κ1) is 25.1. The molecule has 1 fully saturated rings. The Labute approximate surface area is 209 Å². The molecule has 1 saturated heterocycles. The lowest BCUT2D eigenvalue weighted by Crippen LogP contribution is -2.22. The molecule has 10 nitrogen and oxygen atoms in total. The van der Waals surface area contributed by atoms with Crippen molar-refractivity contribution >= 4 is 29.4 Å². The number of oxazole rings is 1. The Hall–Kier alpha value is -4.05. The van der Waals surface area contributed by atoms with Gasteiger partial charge in [0.1, 0.15) is 6.26 Å². The zero-order valence-corrected chi connectivity index (χ0v) is 20.5. The van der Waals surface area contributed by atoms with Gasteiger partial charge in [0, 0.05) is 65.2 Å². The number of aryl methyl sites for hydroxylation is 1. The number of rotatable bonds is 8. The van der Waals surface area contributed by atoms with Gasteiger partial charge in [0.2, 0.25) is 11.8 Å². The predicted octanol–water partition coefficient (Wildman–Crippen LogP) is 3.05. The molecule has 3 aromatic rings. The minimum absolute atomic E-state index is 0.0182. The van der Waals surface area contributed by atoms with Gasteiger partial charge in [-0.15, -0.1) is 0 Å². The molecule has 3 heterocycles. The van der Waals surface area contributed by atoms with E-state index in [-0.39, 0.29) is 17.5 Å². The lowest BCUT2D eigenvalue weighted by atomic mass is 9.94. The van der Waals surface area contributed by atoms with E-state index >= 15 is 0 Å². The molecule has 10 heteroatoms. The quantitative estimate of drug-likeness (QED) is 0.279. The van der Waals surface area contributed by atoms with E-state index in [1.807, 2.05) is 13.0 Å². The summed E-state index contributed by atoms with van der Waals surface area (Å²) >= 11 is 0. The predicted molar refractivity (Wildman–Crippen MR) is 137 cm³/mol. The maximum Gasteiger partial charge on any atom is 0.277 e. The lowest BCUT2D eigenvalue weighted by molar-refractivity contribution is -0.122. The number of pyridine rings is 1. The fraction of sp³-hybridized carbons (Fsp3) is 0.346. The Morgan fingerprint density at radius 3 is 2.89 bits per heavy atom. The van der Waals surface area contributed by atoms with Crippen LogP contribution >= 0.6 is 0 Å². The van der Waals surface area contributed by atoms with Gasteiger partial charge in [-0.3, -0.25) is 19.6 Å². The molecule has 0 spiro atoms. The highest BCUT2D eigenvalue weighted by Crippen LogP contribution is 2.32. The second-order valence-corrected chi connectivity index (χ2v) is 9.36. The summed E-state index contributed by atoms with van der Waals surface area (Å²) in [6, 6.07) is 6.84. The van der Waals surface area contributed by atoms with Crippen molar-refractivity contribution in [2.45, 2.75) is 39.2 Å². The summed E-state index contributed by atoms with van der Waals surface area (Å²) in [6.07, 6.45) is 6.01. The molecule has 5 N–H and O–H groups in total. The molecular formula is C26H30N6O4. The number of aliphatic hydroxyl groups is 1. The summed E-state index contributed by atoms with van der Waals surface area (Å²) in [5.74, 6) is -0.148. The van der Waals surface area contributed by atoms with Gasteiger partial charge in [-0.25, -0.2) is 4.98 Å². The Bertz CT molecular complexity index is 1310. The van der Waals surface area contributed by atoms with Crippen LogP contribution in [0.15, 0.2) is 46.1 Å². The fourth-order valence-electron chi connectivity index (χ4n) is 4.04. The Kier molecular flexibility index (Phi) is 7.16. The summed E-state index contributed by atoms with van der Waals surface area (Å²) in [6.45, 7) is 6.25. The number of carbonyl (C=O) groups is 2. The number of nitrogen functional groups attached to an aromatic ring is 1. The maximum absolute atomic E-state index is 13.0. The standard InChI is InChI=1S/C26H30N6O4/c1-15-10-17(6-8-29-15)25-32-22(14-36-25)24(34)31-21-11-18(20(27)12-19(21)26(2,3)35)13-28-7-4-16-5-9-30-23(16)33/h6,8,10-14,16,35H,4-5,7,9,27H2,1-3H3,(H,30,33)(H,31,34). The number of hydrogen-bond acceptors (Lipinski definition) is 8. The number of benzene rings is 1. The van der Waals surface area contributed by atoms with E-state index in [4.69, 9.17) is 10.2 Å². The largest absolute Gasteiger partial charge is 0.444 e. The highest BCUT2D eigenvalue weighted by Gasteiger charge is 2.25. The van der Waals surface area contributed by atoms with Crippen LogP contribution in [0.25, 0.3) is 11.5 Å². The van der Waals surface area contributed by atoms with Crippen molar-refractivity contribution in [3.8, 4) is 11.5 Å². The smallest absolute Gasteiger partial charge is 0.277 e. The zero-order chi connectivity index (χ0) is 25.9. The third-order valence-corrected chi connectivity index (χ3v) is 6.01. The Morgan fingerprint density at radius 1 is 1.39 bits per heavy atom. The second-order valence-electron chi connectivity index (χ2n) is 9.36. The van der Waals surface area contributed by atoms with Crippen molar-refractivity contribution in [2.75, 3.05) is 24.1 Å². The second kappa shape index (κ2) is 10.3. The summed E-state index contributed by atoms with van der Waals surface area (Å²) in [7, 11) is 0. The van der Waals surface area contributed by atoms with Crippen LogP contribution in [0, 0.1) is 12.8 Å². The molecular weight excluding hydrogens is 460 g/mol. The van der Waals surface area contributed by atoms with Gasteiger partial charge >= 0.3 is 0 Å². The molecule has 0 radical (unpaired) electrons. The third-order valence-electron chi connectivity index (χ3n) is 6.01. The van der Waals surface area contributed by atoms with Crippen molar-refractivity contribution in [3.05, 3.63) is 59.2 Å². The molecule has 0 saturated carbocycles. The number of anilines is 2. The number of aromatic nitrogens is 2. The number of nitrogens with two attached hydrogens (primary N) is 1. The minimum Gasteiger partial charge on any atom is -0.444 e. The zero-order valence-electron chi connectivity index (χ0n) is 20.5. The van der Waals surface area contributed by atoms with Crippen LogP contribution < -0.4 is 16.4 Å². The van der Waals surface area contributed by atoms with Gasteiger partial charge in [0.05, 0.1) is 5.60 Å². The molecule has 4 rings (SSSR count). The van der Waals surface area contributed by atoms with E-state index in [1.54, 1.807) is 44.5 Å². The Morgan fingerprint density at radius 2 is 2.19 bits per heavy atom. The first-order chi connectivity index (χ1) is 17.1. The summed E-state index contributed by atoms with van der Waals surface area (Å²) in [5, 5.41) is 16.3. The summed E-state index contributed by atoms with van der Waals surface area (Å²) in [4.78, 5) is 37.6. The molecule has 36 heavy (non-hydrogen) atoms. The maximum atomic E-state index is 13.0. The van der Waals surface area contributed by atoms with Crippen LogP contribution in [0.1, 0.15) is 54.0 Å².